The Morgan fingerprint density at radius 2 is 0.577 bits per heavy atom. The molecule has 0 radical (unpaired) electrons. The normalized spacial score (nSPS) is 10.9. The van der Waals surface area contributed by atoms with Crippen LogP contribution in [0.4, 0.5) is 48.2 Å². The second-order valence-electron chi connectivity index (χ2n) is 4.31. The number of hydrogen-bond acceptors (Lipinski definition) is 2. The Morgan fingerprint density at radius 3 is 0.808 bits per heavy atom. The van der Waals surface area contributed by atoms with E-state index in [4.69, 9.17) is 0 Å². The zero-order valence-corrected chi connectivity index (χ0v) is 11.6. The van der Waals surface area contributed by atoms with E-state index in [1.165, 1.54) is 0 Å². The van der Waals surface area contributed by atoms with Gasteiger partial charge in [-0.1, -0.05) is 0 Å². The van der Waals surface area contributed by atoms with Crippen LogP contribution in [0.2, 0.25) is 0 Å². The molecule has 0 N–H and O–H groups in total. The molecule has 0 spiro atoms. The number of hydrogen-bond donors (Lipinski definition) is 0. The molecule has 2 aromatic carbocycles. The molecule has 14 heteroatoms. The van der Waals surface area contributed by atoms with Crippen molar-refractivity contribution in [3.8, 4) is 11.5 Å². The first kappa shape index (κ1) is 19.7. The second-order valence-corrected chi connectivity index (χ2v) is 4.31. The Kier molecular flexibility index (Phi) is 5.23. The van der Waals surface area contributed by atoms with Crippen LogP contribution >= 0.6 is 0 Å². The van der Waals surface area contributed by atoms with Gasteiger partial charge in [-0.3, -0.25) is 0 Å². The van der Waals surface area contributed by atoms with Gasteiger partial charge in [-0.2, -0.15) is 17.6 Å². The first-order valence-electron chi connectivity index (χ1n) is 5.99. The Bertz CT molecular complexity index is 759. The minimum absolute atomic E-state index is 2.25. The molecule has 0 atom stereocenters. The molecule has 0 aliphatic carbocycles. The summed E-state index contributed by atoms with van der Waals surface area (Å²) < 4.78 is 151. The molecule has 2 aromatic rings. The quantitative estimate of drug-likeness (QED) is 0.328. The van der Waals surface area contributed by atoms with E-state index in [0.717, 1.165) is 0 Å². The molecule has 0 heterocycles. The Balaban J connectivity index is 2.39. The van der Waals surface area contributed by atoms with Crippen molar-refractivity contribution in [2.24, 2.45) is 0 Å². The molecule has 0 aliphatic heterocycles. The van der Waals surface area contributed by atoms with Crippen LogP contribution in [0.3, 0.4) is 0 Å². The fourth-order valence-corrected chi connectivity index (χ4v) is 1.59. The van der Waals surface area contributed by atoms with Crippen molar-refractivity contribution in [2.45, 2.75) is 0 Å². The lowest BCUT2D eigenvalue weighted by Gasteiger charge is -2.13. The van der Waals surface area contributed by atoms with E-state index in [1.54, 1.807) is 0 Å². The molecular formula is C12BF11O2. The average molecular weight is 396 g/mol. The predicted molar refractivity (Wildman–Crippen MR) is 60.6 cm³/mol. The Morgan fingerprint density at radius 1 is 0.385 bits per heavy atom. The topological polar surface area (TPSA) is 18.5 Å². The van der Waals surface area contributed by atoms with Gasteiger partial charge >= 0.3 is 7.40 Å². The van der Waals surface area contributed by atoms with Gasteiger partial charge in [0.25, 0.3) is 0 Å². The summed E-state index contributed by atoms with van der Waals surface area (Å²) in [6, 6.07) is 0. The number of benzene rings is 2. The number of halogens is 11. The van der Waals surface area contributed by atoms with Crippen LogP contribution in [0.15, 0.2) is 0 Å². The van der Waals surface area contributed by atoms with Crippen molar-refractivity contribution in [1.29, 1.82) is 0 Å². The van der Waals surface area contributed by atoms with E-state index in [9.17, 15) is 48.2 Å². The van der Waals surface area contributed by atoms with E-state index in [1.807, 2.05) is 0 Å². The van der Waals surface area contributed by atoms with Gasteiger partial charge in [0.15, 0.2) is 11.5 Å². The molecule has 140 valence electrons. The first-order valence-corrected chi connectivity index (χ1v) is 5.99. The van der Waals surface area contributed by atoms with Gasteiger partial charge in [0.1, 0.15) is 0 Å². The first-order chi connectivity index (χ1) is 12.0. The predicted octanol–water partition coefficient (Wildman–Crippen LogP) is 4.49. The minimum Gasteiger partial charge on any atom is -0.492 e. The highest BCUT2D eigenvalue weighted by atomic mass is 19.2. The maximum absolute atomic E-state index is 13.4. The molecule has 2 nitrogen and oxygen atoms in total. The average Bonchev–Trinajstić information content (AvgIpc) is 2.62. The lowest BCUT2D eigenvalue weighted by Crippen LogP contribution is -2.28. The van der Waals surface area contributed by atoms with E-state index >= 15 is 0 Å². The van der Waals surface area contributed by atoms with Crippen molar-refractivity contribution >= 4 is 7.40 Å². The molecule has 0 saturated heterocycles. The monoisotopic (exact) mass is 396 g/mol. The third-order valence-electron chi connectivity index (χ3n) is 2.76. The largest absolute Gasteiger partial charge is 0.830 e. The summed E-state index contributed by atoms with van der Waals surface area (Å²) >= 11 is 0. The molecule has 0 aliphatic rings. The maximum atomic E-state index is 13.4. The second kappa shape index (κ2) is 6.92. The van der Waals surface area contributed by atoms with Gasteiger partial charge in [0.2, 0.25) is 58.2 Å². The summed E-state index contributed by atoms with van der Waals surface area (Å²) in [5.74, 6) is -30.7. The highest BCUT2D eigenvalue weighted by Gasteiger charge is 2.36. The van der Waals surface area contributed by atoms with Crippen molar-refractivity contribution in [3.63, 3.8) is 0 Å². The lowest BCUT2D eigenvalue weighted by atomic mass is 10.2. The highest BCUT2D eigenvalue weighted by molar-refractivity contribution is 6.37. The molecule has 2 rings (SSSR count). The summed E-state index contributed by atoms with van der Waals surface area (Å²) in [4.78, 5) is 0. The van der Waals surface area contributed by atoms with Crippen LogP contribution in [0.5, 0.6) is 11.5 Å². The van der Waals surface area contributed by atoms with Crippen LogP contribution in [-0.2, 0) is 0 Å². The van der Waals surface area contributed by atoms with Gasteiger partial charge in [-0.05, 0) is 0 Å². The third-order valence-corrected chi connectivity index (χ3v) is 2.76. The lowest BCUT2D eigenvalue weighted by molar-refractivity contribution is 0.286. The summed E-state index contributed by atoms with van der Waals surface area (Å²) in [5, 5.41) is 0. The van der Waals surface area contributed by atoms with Crippen LogP contribution in [-0.4, -0.2) is 7.40 Å². The zero-order valence-electron chi connectivity index (χ0n) is 11.6. The van der Waals surface area contributed by atoms with Crippen molar-refractivity contribution in [3.05, 3.63) is 58.2 Å². The summed E-state index contributed by atoms with van der Waals surface area (Å²) in [7, 11) is -3.73. The van der Waals surface area contributed by atoms with Gasteiger partial charge in [-0.15, -0.1) is 0 Å². The molecule has 0 amide bonds. The number of rotatable bonds is 4. The summed E-state index contributed by atoms with van der Waals surface area (Å²) in [6.45, 7) is 0. The molecule has 26 heavy (non-hydrogen) atoms. The Hall–Kier alpha value is -2.67. The third kappa shape index (κ3) is 3.10. The zero-order chi connectivity index (χ0) is 19.9. The van der Waals surface area contributed by atoms with E-state index in [0.29, 0.717) is 0 Å². The standard InChI is InChI=1S/C12BF11O2/c14-1-3(16)7(20)11(8(21)4(1)17)25-13(24)26-12-9(22)5(18)2(15)6(19)10(12)23. The van der Waals surface area contributed by atoms with Crippen molar-refractivity contribution in [1.82, 2.24) is 0 Å². The highest BCUT2D eigenvalue weighted by Crippen LogP contribution is 2.32. The van der Waals surface area contributed by atoms with E-state index in [2.05, 4.69) is 9.31 Å². The van der Waals surface area contributed by atoms with Gasteiger partial charge in [-0.25, -0.2) is 30.7 Å². The molecule has 0 saturated carbocycles. The van der Waals surface area contributed by atoms with Crippen molar-refractivity contribution in [2.75, 3.05) is 0 Å². The molecule has 0 bridgehead atoms. The molecule has 0 aromatic heterocycles. The smallest absolute Gasteiger partial charge is 0.492 e. The van der Waals surface area contributed by atoms with Gasteiger partial charge in [0.05, 0.1) is 0 Å². The SMILES string of the molecule is FB(Oc1c(F)c(F)c(F)c(F)c1F)Oc1c(F)c(F)c(F)c(F)c1F. The fraction of sp³-hybridized carbons (Fsp3) is 0. The fourth-order valence-electron chi connectivity index (χ4n) is 1.59. The molecular weight excluding hydrogens is 396 g/mol. The summed E-state index contributed by atoms with van der Waals surface area (Å²) in [5.41, 5.74) is 0. The van der Waals surface area contributed by atoms with Gasteiger partial charge in [0, 0.05) is 0 Å². The van der Waals surface area contributed by atoms with E-state index < -0.39 is 77.1 Å². The molecule has 0 unspecified atom stereocenters. The van der Waals surface area contributed by atoms with Crippen LogP contribution in [0.1, 0.15) is 0 Å². The minimum atomic E-state index is -3.73. The molecule has 0 fully saturated rings. The summed E-state index contributed by atoms with van der Waals surface area (Å²) in [6.07, 6.45) is 0. The van der Waals surface area contributed by atoms with E-state index in [-0.39, 0.29) is 0 Å². The van der Waals surface area contributed by atoms with Crippen LogP contribution < -0.4 is 9.31 Å². The van der Waals surface area contributed by atoms with Crippen molar-refractivity contribution < 1.29 is 57.5 Å². The maximum Gasteiger partial charge on any atom is 0.830 e. The van der Waals surface area contributed by atoms with Crippen LogP contribution in [0.25, 0.3) is 0 Å². The van der Waals surface area contributed by atoms with Gasteiger partial charge < -0.3 is 9.31 Å². The Labute approximate surface area is 135 Å². The van der Waals surface area contributed by atoms with Crippen LogP contribution in [0, 0.1) is 58.2 Å².